The summed E-state index contributed by atoms with van der Waals surface area (Å²) in [5.74, 6) is -9.03. The Labute approximate surface area is 84.7 Å². The van der Waals surface area contributed by atoms with Crippen LogP contribution >= 0.6 is 0 Å². The highest BCUT2D eigenvalue weighted by Crippen LogP contribution is 2.54. The van der Waals surface area contributed by atoms with Crippen LogP contribution in [0.5, 0.6) is 0 Å². The van der Waals surface area contributed by atoms with Crippen LogP contribution in [0.15, 0.2) is 0 Å². The number of rotatable bonds is 3. The molecule has 0 aliphatic rings. The van der Waals surface area contributed by atoms with Crippen molar-refractivity contribution in [3.63, 3.8) is 0 Å². The van der Waals surface area contributed by atoms with Crippen LogP contribution < -0.4 is 0 Å². The minimum Gasteiger partial charge on any atom is -0.794 e. The second-order valence-electron chi connectivity index (χ2n) is 2.83. The lowest BCUT2D eigenvalue weighted by atomic mass is 10.3. The normalized spacial score (nSPS) is 18.0. The van der Waals surface area contributed by atoms with E-state index in [0.29, 0.717) is 0 Å². The summed E-state index contributed by atoms with van der Waals surface area (Å²) in [4.78, 5) is 0. The van der Waals surface area contributed by atoms with Crippen molar-refractivity contribution in [1.29, 1.82) is 0 Å². The van der Waals surface area contributed by atoms with Crippen LogP contribution in [0, 0.1) is 0 Å². The van der Waals surface area contributed by atoms with Gasteiger partial charge in [0.2, 0.25) is 0 Å². The van der Waals surface area contributed by atoms with Gasteiger partial charge in [0.15, 0.2) is 0 Å². The summed E-state index contributed by atoms with van der Waals surface area (Å²) in [6, 6.07) is 0. The Balaban J connectivity index is 5.84. The molecular formula is C5H5F7O3S-2. The fourth-order valence-corrected chi connectivity index (χ4v) is 1.57. The first-order chi connectivity index (χ1) is 6.59. The molecule has 0 radical (unpaired) electrons. The second-order valence-corrected chi connectivity index (χ2v) is 5.82. The minimum absolute atomic E-state index is 0.245. The summed E-state index contributed by atoms with van der Waals surface area (Å²) in [5, 5.41) is -6.75. The van der Waals surface area contributed by atoms with Gasteiger partial charge in [-0.25, -0.2) is 0 Å². The Kier molecular flexibility index (Phi) is 3.21. The molecule has 11 heteroatoms. The third kappa shape index (κ3) is 1.91. The zero-order chi connectivity index (χ0) is 13.7. The van der Waals surface area contributed by atoms with Gasteiger partial charge in [-0.1, -0.05) is 6.92 Å². The molecule has 0 aliphatic heterocycles. The van der Waals surface area contributed by atoms with E-state index in [-0.39, 0.29) is 6.92 Å². The zero-order valence-corrected chi connectivity index (χ0v) is 8.30. The van der Waals surface area contributed by atoms with E-state index in [9.17, 15) is 44.0 Å². The van der Waals surface area contributed by atoms with E-state index in [4.69, 9.17) is 0 Å². The lowest BCUT2D eigenvalue weighted by Gasteiger charge is -2.60. The van der Waals surface area contributed by atoms with Crippen molar-refractivity contribution in [3.05, 3.63) is 0 Å². The van der Waals surface area contributed by atoms with Crippen molar-refractivity contribution in [3.8, 4) is 0 Å². The van der Waals surface area contributed by atoms with E-state index < -0.39 is 32.7 Å². The molecule has 0 fully saturated rings. The summed E-state index contributed by atoms with van der Waals surface area (Å²) in [6.07, 6.45) is -6.84. The van der Waals surface area contributed by atoms with Gasteiger partial charge < -0.3 is 13.3 Å². The highest BCUT2D eigenvalue weighted by molar-refractivity contribution is 8.11. The number of halogens is 7. The van der Waals surface area contributed by atoms with Crippen LogP contribution in [0.1, 0.15) is 6.92 Å². The smallest absolute Gasteiger partial charge is 0.460 e. The first kappa shape index (κ1) is 15.6. The van der Waals surface area contributed by atoms with E-state index in [1.54, 1.807) is 0 Å². The fourth-order valence-electron chi connectivity index (χ4n) is 0.594. The topological polar surface area (TPSA) is 63.2 Å². The van der Waals surface area contributed by atoms with Gasteiger partial charge in [-0.3, -0.25) is 0 Å². The van der Waals surface area contributed by atoms with Crippen LogP contribution in [-0.4, -0.2) is 36.4 Å². The molecule has 0 unspecified atom stereocenters. The minimum atomic E-state index is -7.91. The van der Waals surface area contributed by atoms with Crippen molar-refractivity contribution in [2.45, 2.75) is 24.3 Å². The standard InChI is InChI=1S/C5H7F7O3S/c1-2-16(13,14,15)5(11,12)3(6,7)4(8,9)10/h2H2,1H3,(H2,13,14,15)/p-2. The predicted octanol–water partition coefficient (Wildman–Crippen LogP) is 1.88. The van der Waals surface area contributed by atoms with E-state index in [1.165, 1.54) is 0 Å². The number of alkyl halides is 7. The highest BCUT2D eigenvalue weighted by atomic mass is 32.3. The molecule has 0 aromatic heterocycles. The van der Waals surface area contributed by atoms with Crippen LogP contribution in [0.2, 0.25) is 0 Å². The maximum absolute atomic E-state index is 12.5. The molecule has 0 aromatic rings. The third-order valence-corrected chi connectivity index (χ3v) is 3.96. The van der Waals surface area contributed by atoms with Gasteiger partial charge in [0.25, 0.3) is 0 Å². The van der Waals surface area contributed by atoms with Crippen LogP contribution in [0.25, 0.3) is 0 Å². The molecule has 0 aliphatic carbocycles. The van der Waals surface area contributed by atoms with Crippen molar-refractivity contribution in [2.75, 3.05) is 5.75 Å². The molecule has 0 spiro atoms. The first-order valence-corrected chi connectivity index (χ1v) is 5.51. The molecule has 0 heterocycles. The van der Waals surface area contributed by atoms with Crippen LogP contribution in [-0.2, 0) is 9.63 Å². The second kappa shape index (κ2) is 3.29. The van der Waals surface area contributed by atoms with Gasteiger partial charge >= 0.3 is 17.4 Å². The highest BCUT2D eigenvalue weighted by Gasteiger charge is 2.76. The Hall–Kier alpha value is -0.420. The summed E-state index contributed by atoms with van der Waals surface area (Å²) >= 11 is 0. The van der Waals surface area contributed by atoms with Crippen molar-refractivity contribution >= 4 is 9.63 Å². The monoisotopic (exact) mass is 278 g/mol. The van der Waals surface area contributed by atoms with Crippen LogP contribution in [0.3, 0.4) is 0 Å². The molecule has 0 bridgehead atoms. The number of hydrogen-bond donors (Lipinski definition) is 0. The van der Waals surface area contributed by atoms with Gasteiger partial charge in [0.05, 0.1) is 0 Å². The van der Waals surface area contributed by atoms with Crippen molar-refractivity contribution < 1.29 is 44.0 Å². The lowest BCUT2D eigenvalue weighted by Crippen LogP contribution is -2.65. The van der Waals surface area contributed by atoms with Crippen molar-refractivity contribution in [1.82, 2.24) is 0 Å². The van der Waals surface area contributed by atoms with E-state index in [2.05, 4.69) is 0 Å². The Morgan fingerprint density at radius 2 is 1.31 bits per heavy atom. The maximum atomic E-state index is 12.5. The average molecular weight is 278 g/mol. The van der Waals surface area contributed by atoms with Gasteiger partial charge in [-0.2, -0.15) is 40.4 Å². The number of hydrogen-bond acceptors (Lipinski definition) is 3. The molecule has 0 saturated heterocycles. The molecular weight excluding hydrogens is 273 g/mol. The molecule has 0 saturated carbocycles. The van der Waals surface area contributed by atoms with E-state index in [1.807, 2.05) is 0 Å². The van der Waals surface area contributed by atoms with Gasteiger partial charge in [0, 0.05) is 0 Å². The van der Waals surface area contributed by atoms with Gasteiger partial charge in [-0.05, 0) is 5.75 Å². The molecule has 0 rings (SSSR count). The Morgan fingerprint density at radius 1 is 1.00 bits per heavy atom. The summed E-state index contributed by atoms with van der Waals surface area (Å²) in [6.45, 7) is 0.245. The molecule has 0 aromatic carbocycles. The Morgan fingerprint density at radius 3 is 1.50 bits per heavy atom. The molecule has 16 heavy (non-hydrogen) atoms. The Bertz CT molecular complexity index is 340. The van der Waals surface area contributed by atoms with Crippen LogP contribution in [0.4, 0.5) is 30.7 Å². The predicted molar refractivity (Wildman–Crippen MR) is 36.2 cm³/mol. The van der Waals surface area contributed by atoms with Gasteiger partial charge in [-0.15, -0.1) is 0 Å². The SMILES string of the molecule is CCS(=O)([O-])([O-])C(F)(F)C(F)(F)C(F)(F)F. The molecule has 3 nitrogen and oxygen atoms in total. The third-order valence-electron chi connectivity index (χ3n) is 1.71. The quantitative estimate of drug-likeness (QED) is 0.740. The summed E-state index contributed by atoms with van der Waals surface area (Å²) in [7, 11) is -7.91. The number of sulfone groups is 3. The van der Waals surface area contributed by atoms with Crippen molar-refractivity contribution in [2.24, 2.45) is 0 Å². The maximum Gasteiger partial charge on any atom is 0.460 e. The lowest BCUT2D eigenvalue weighted by molar-refractivity contribution is -0.335. The van der Waals surface area contributed by atoms with E-state index in [0.717, 1.165) is 0 Å². The van der Waals surface area contributed by atoms with Gasteiger partial charge in [0.1, 0.15) is 0 Å². The molecule has 0 N–H and O–H groups in total. The fraction of sp³-hybridized carbons (Fsp3) is 1.00. The average Bonchev–Trinajstić information content (AvgIpc) is 2.01. The van der Waals surface area contributed by atoms with E-state index >= 15 is 0 Å². The summed E-state index contributed by atoms with van der Waals surface area (Å²) in [5.41, 5.74) is 0. The largest absolute Gasteiger partial charge is 0.794 e. The molecule has 0 amide bonds. The first-order valence-electron chi connectivity index (χ1n) is 3.52. The summed E-state index contributed by atoms with van der Waals surface area (Å²) < 4.78 is 115. The molecule has 100 valence electrons. The zero-order valence-electron chi connectivity index (χ0n) is 7.49. The molecule has 0 atom stereocenters.